The molecular formula is C23H23NO4. The summed E-state index contributed by atoms with van der Waals surface area (Å²) in [6.45, 7) is 0.230. The molecule has 0 fully saturated rings. The van der Waals surface area contributed by atoms with Crippen molar-refractivity contribution >= 4 is 5.97 Å². The van der Waals surface area contributed by atoms with E-state index in [1.807, 2.05) is 54.6 Å². The summed E-state index contributed by atoms with van der Waals surface area (Å²) in [6, 6.07) is 22.5. The predicted octanol–water partition coefficient (Wildman–Crippen LogP) is 3.55. The minimum absolute atomic E-state index is 0.0753. The largest absolute Gasteiger partial charge is 0.489 e. The molecule has 0 saturated carbocycles. The van der Waals surface area contributed by atoms with Crippen molar-refractivity contribution in [1.29, 1.82) is 0 Å². The highest BCUT2D eigenvalue weighted by molar-refractivity contribution is 5.71. The topological polar surface area (TPSA) is 92.8 Å². The van der Waals surface area contributed by atoms with E-state index < -0.39 is 12.0 Å². The highest BCUT2D eigenvalue weighted by Gasteiger charge is 2.09. The highest BCUT2D eigenvalue weighted by Crippen LogP contribution is 2.25. The van der Waals surface area contributed by atoms with Crippen LogP contribution in [0.3, 0.4) is 0 Å². The van der Waals surface area contributed by atoms with Crippen LogP contribution in [0, 0.1) is 0 Å². The average Bonchev–Trinajstić information content (AvgIpc) is 2.72. The summed E-state index contributed by atoms with van der Waals surface area (Å²) in [5.74, 6) is -0.315. The van der Waals surface area contributed by atoms with Gasteiger partial charge in [-0.25, -0.2) is 0 Å². The van der Waals surface area contributed by atoms with Crippen LogP contribution < -0.4 is 10.5 Å². The van der Waals surface area contributed by atoms with Gasteiger partial charge in [-0.1, -0.05) is 54.6 Å². The highest BCUT2D eigenvalue weighted by atomic mass is 16.5. The maximum atomic E-state index is 11.0. The number of carbonyl (C=O) groups is 1. The third-order valence-electron chi connectivity index (χ3n) is 4.48. The Balaban J connectivity index is 1.77. The lowest BCUT2D eigenvalue weighted by Crippen LogP contribution is -2.14. The van der Waals surface area contributed by atoms with E-state index in [0.717, 1.165) is 22.3 Å². The van der Waals surface area contributed by atoms with E-state index in [1.165, 1.54) is 0 Å². The minimum atomic E-state index is -0.890. The zero-order chi connectivity index (χ0) is 19.9. The summed E-state index contributed by atoms with van der Waals surface area (Å²) in [7, 11) is 0. The van der Waals surface area contributed by atoms with Crippen molar-refractivity contribution in [3.8, 4) is 16.9 Å². The van der Waals surface area contributed by atoms with E-state index in [0.29, 0.717) is 17.9 Å². The fourth-order valence-corrected chi connectivity index (χ4v) is 3.01. The summed E-state index contributed by atoms with van der Waals surface area (Å²) in [4.78, 5) is 11.0. The molecule has 4 N–H and O–H groups in total. The van der Waals surface area contributed by atoms with Gasteiger partial charge in [-0.15, -0.1) is 0 Å². The molecule has 144 valence electrons. The molecule has 0 aromatic heterocycles. The number of benzene rings is 3. The number of aliphatic hydroxyl groups excluding tert-OH is 1. The van der Waals surface area contributed by atoms with Crippen molar-refractivity contribution in [1.82, 2.24) is 0 Å². The van der Waals surface area contributed by atoms with E-state index in [2.05, 4.69) is 0 Å². The monoisotopic (exact) mass is 377 g/mol. The van der Waals surface area contributed by atoms with Crippen LogP contribution in [0.5, 0.6) is 5.75 Å². The fourth-order valence-electron chi connectivity index (χ4n) is 3.01. The summed E-state index contributed by atoms with van der Waals surface area (Å²) in [5.41, 5.74) is 10.4. The lowest BCUT2D eigenvalue weighted by molar-refractivity contribution is -0.136. The van der Waals surface area contributed by atoms with Crippen molar-refractivity contribution < 1.29 is 19.7 Å². The maximum absolute atomic E-state index is 11.0. The molecule has 3 aromatic carbocycles. The second-order valence-electron chi connectivity index (χ2n) is 6.58. The van der Waals surface area contributed by atoms with Crippen LogP contribution in [-0.2, 0) is 17.8 Å². The number of carboxylic acid groups (broad SMARTS) is 1. The van der Waals surface area contributed by atoms with Gasteiger partial charge < -0.3 is 20.7 Å². The van der Waals surface area contributed by atoms with E-state index in [4.69, 9.17) is 15.6 Å². The number of hydrogen-bond donors (Lipinski definition) is 3. The van der Waals surface area contributed by atoms with E-state index in [1.54, 1.807) is 18.2 Å². The molecule has 0 saturated heterocycles. The molecule has 0 radical (unpaired) electrons. The second kappa shape index (κ2) is 9.17. The summed E-state index contributed by atoms with van der Waals surface area (Å²) in [5, 5.41) is 18.3. The van der Waals surface area contributed by atoms with Gasteiger partial charge in [0.1, 0.15) is 12.4 Å². The van der Waals surface area contributed by atoms with Crippen LogP contribution in [0.25, 0.3) is 11.1 Å². The lowest BCUT2D eigenvalue weighted by atomic mass is 9.99. The van der Waals surface area contributed by atoms with Crippen LogP contribution in [0.15, 0.2) is 72.8 Å². The molecule has 1 unspecified atom stereocenters. The van der Waals surface area contributed by atoms with Crippen molar-refractivity contribution in [2.75, 3.05) is 6.61 Å². The van der Waals surface area contributed by atoms with E-state index >= 15 is 0 Å². The Kier molecular flexibility index (Phi) is 6.42. The molecule has 0 aliphatic heterocycles. The average molecular weight is 377 g/mol. The van der Waals surface area contributed by atoms with Crippen LogP contribution in [-0.4, -0.2) is 22.8 Å². The SMILES string of the molecule is NC(CO)c1cccc(-c2cccc(COc3ccccc3CC(=O)O)c2)c1. The van der Waals surface area contributed by atoms with Crippen molar-refractivity contribution in [3.05, 3.63) is 89.5 Å². The fraction of sp³-hybridized carbons (Fsp3) is 0.174. The molecule has 5 heteroatoms. The van der Waals surface area contributed by atoms with Gasteiger partial charge in [0.25, 0.3) is 0 Å². The molecular weight excluding hydrogens is 354 g/mol. The third kappa shape index (κ3) is 4.97. The Morgan fingerprint density at radius 2 is 1.68 bits per heavy atom. The first-order chi connectivity index (χ1) is 13.6. The number of rotatable bonds is 8. The first-order valence-electron chi connectivity index (χ1n) is 9.05. The molecule has 3 rings (SSSR count). The van der Waals surface area contributed by atoms with Gasteiger partial charge in [-0.3, -0.25) is 4.79 Å². The van der Waals surface area contributed by atoms with Gasteiger partial charge in [-0.2, -0.15) is 0 Å². The smallest absolute Gasteiger partial charge is 0.307 e. The first kappa shape index (κ1) is 19.6. The third-order valence-corrected chi connectivity index (χ3v) is 4.48. The molecule has 3 aromatic rings. The Hall–Kier alpha value is -3.15. The minimum Gasteiger partial charge on any atom is -0.489 e. The number of aliphatic hydroxyl groups is 1. The van der Waals surface area contributed by atoms with E-state index in [-0.39, 0.29) is 13.0 Å². The van der Waals surface area contributed by atoms with E-state index in [9.17, 15) is 9.90 Å². The quantitative estimate of drug-likeness (QED) is 0.558. The summed E-state index contributed by atoms with van der Waals surface area (Å²) >= 11 is 0. The first-order valence-corrected chi connectivity index (χ1v) is 9.05. The van der Waals surface area contributed by atoms with Gasteiger partial charge >= 0.3 is 5.97 Å². The Labute approximate surface area is 164 Å². The van der Waals surface area contributed by atoms with Crippen LogP contribution in [0.1, 0.15) is 22.7 Å². The number of para-hydroxylation sites is 1. The number of carboxylic acids is 1. The Morgan fingerprint density at radius 1 is 0.964 bits per heavy atom. The second-order valence-corrected chi connectivity index (χ2v) is 6.58. The lowest BCUT2D eigenvalue weighted by Gasteiger charge is -2.13. The molecule has 0 aliphatic rings. The number of nitrogens with two attached hydrogens (primary N) is 1. The predicted molar refractivity (Wildman–Crippen MR) is 108 cm³/mol. The molecule has 28 heavy (non-hydrogen) atoms. The number of aliphatic carboxylic acids is 1. The molecule has 1 atom stereocenters. The molecule has 0 amide bonds. The standard InChI is InChI=1S/C23H23NO4/c24-21(14-25)19-9-4-8-18(12-19)17-7-3-5-16(11-17)15-28-22-10-2-1-6-20(22)13-23(26)27/h1-12,21,25H,13-15,24H2,(H,26,27). The van der Waals surface area contributed by atoms with Gasteiger partial charge in [0.2, 0.25) is 0 Å². The van der Waals surface area contributed by atoms with Crippen molar-refractivity contribution in [2.24, 2.45) is 5.73 Å². The zero-order valence-electron chi connectivity index (χ0n) is 15.4. The Bertz CT molecular complexity index is 955. The summed E-state index contributed by atoms with van der Waals surface area (Å²) < 4.78 is 5.88. The Morgan fingerprint density at radius 3 is 2.43 bits per heavy atom. The van der Waals surface area contributed by atoms with Crippen molar-refractivity contribution in [3.63, 3.8) is 0 Å². The van der Waals surface area contributed by atoms with Crippen LogP contribution in [0.4, 0.5) is 0 Å². The number of ether oxygens (including phenoxy) is 1. The molecule has 0 heterocycles. The normalized spacial score (nSPS) is 11.8. The van der Waals surface area contributed by atoms with Crippen LogP contribution >= 0.6 is 0 Å². The van der Waals surface area contributed by atoms with Crippen molar-refractivity contribution in [2.45, 2.75) is 19.1 Å². The van der Waals surface area contributed by atoms with Gasteiger partial charge in [0.15, 0.2) is 0 Å². The zero-order valence-corrected chi connectivity index (χ0v) is 15.4. The number of hydrogen-bond acceptors (Lipinski definition) is 4. The van der Waals surface area contributed by atoms with Gasteiger partial charge in [0.05, 0.1) is 19.1 Å². The van der Waals surface area contributed by atoms with Gasteiger partial charge in [0, 0.05) is 5.56 Å². The molecule has 0 bridgehead atoms. The molecule has 5 nitrogen and oxygen atoms in total. The summed E-state index contributed by atoms with van der Waals surface area (Å²) in [6.07, 6.45) is -0.0753. The van der Waals surface area contributed by atoms with Gasteiger partial charge in [-0.05, 0) is 40.5 Å². The molecule has 0 spiro atoms. The molecule has 0 aliphatic carbocycles. The van der Waals surface area contributed by atoms with Crippen LogP contribution in [0.2, 0.25) is 0 Å². The maximum Gasteiger partial charge on any atom is 0.307 e.